The molecule has 0 atom stereocenters. The van der Waals surface area contributed by atoms with Gasteiger partial charge in [0, 0.05) is 51.5 Å². The number of benzene rings is 1. The van der Waals surface area contributed by atoms with Gasteiger partial charge in [0.05, 0.1) is 6.61 Å². The molecule has 7 nitrogen and oxygen atoms in total. The van der Waals surface area contributed by atoms with Crippen molar-refractivity contribution in [2.75, 3.05) is 63.9 Å². The van der Waals surface area contributed by atoms with Gasteiger partial charge in [-0.3, -0.25) is 14.6 Å². The summed E-state index contributed by atoms with van der Waals surface area (Å²) < 4.78 is 0. The number of aliphatic hydroxyl groups is 1. The topological polar surface area (TPSA) is 67.3 Å². The highest BCUT2D eigenvalue weighted by Gasteiger charge is 2.32. The number of carbonyl (C=O) groups excluding carboxylic acids is 2. The van der Waals surface area contributed by atoms with E-state index in [0.717, 1.165) is 18.8 Å². The molecule has 1 aromatic carbocycles. The standard InChI is InChI=1S/C20H30N4O3/c1-16(2)17-3-5-18(6-4-17)24-12-11-23(20(24)27)15-19(26)22-9-7-21(8-10-22)13-14-25/h3-6,16,25H,7-15H2,1-2H3. The molecule has 0 radical (unpaired) electrons. The Hall–Kier alpha value is -2.12. The lowest BCUT2D eigenvalue weighted by molar-refractivity contribution is -0.133. The molecule has 0 aromatic heterocycles. The molecule has 3 rings (SSSR count). The smallest absolute Gasteiger partial charge is 0.325 e. The molecule has 2 aliphatic rings. The molecule has 2 heterocycles. The fourth-order valence-corrected chi connectivity index (χ4v) is 3.63. The summed E-state index contributed by atoms with van der Waals surface area (Å²) in [6, 6.07) is 8.00. The zero-order valence-corrected chi connectivity index (χ0v) is 16.3. The van der Waals surface area contributed by atoms with Crippen LogP contribution in [0.3, 0.4) is 0 Å². The van der Waals surface area contributed by atoms with Crippen molar-refractivity contribution in [2.45, 2.75) is 19.8 Å². The second-order valence-corrected chi connectivity index (χ2v) is 7.55. The van der Waals surface area contributed by atoms with Gasteiger partial charge in [0.25, 0.3) is 0 Å². The van der Waals surface area contributed by atoms with Gasteiger partial charge in [-0.25, -0.2) is 4.79 Å². The fourth-order valence-electron chi connectivity index (χ4n) is 3.63. The molecule has 27 heavy (non-hydrogen) atoms. The molecule has 2 aliphatic heterocycles. The number of β-amino-alcohol motifs (C(OH)–C–C–N with tert-alkyl or cyclic N) is 1. The summed E-state index contributed by atoms with van der Waals surface area (Å²) in [5, 5.41) is 9.00. The van der Waals surface area contributed by atoms with E-state index in [1.165, 1.54) is 5.56 Å². The van der Waals surface area contributed by atoms with Gasteiger partial charge in [-0.1, -0.05) is 26.0 Å². The first-order valence-corrected chi connectivity index (χ1v) is 9.77. The van der Waals surface area contributed by atoms with Gasteiger partial charge in [-0.05, 0) is 23.6 Å². The van der Waals surface area contributed by atoms with Crippen molar-refractivity contribution in [2.24, 2.45) is 0 Å². The minimum absolute atomic E-state index is 0.00371. The number of urea groups is 1. The number of rotatable bonds is 6. The van der Waals surface area contributed by atoms with Crippen molar-refractivity contribution < 1.29 is 14.7 Å². The average molecular weight is 374 g/mol. The summed E-state index contributed by atoms with van der Waals surface area (Å²) >= 11 is 0. The predicted molar refractivity (Wildman–Crippen MR) is 105 cm³/mol. The Morgan fingerprint density at radius 3 is 2.30 bits per heavy atom. The molecule has 0 unspecified atom stereocenters. The Balaban J connectivity index is 1.53. The Bertz CT molecular complexity index is 654. The van der Waals surface area contributed by atoms with E-state index < -0.39 is 0 Å². The van der Waals surface area contributed by atoms with Crippen LogP contribution in [0.15, 0.2) is 24.3 Å². The molecule has 0 bridgehead atoms. The first-order chi connectivity index (χ1) is 13.0. The number of amides is 3. The lowest BCUT2D eigenvalue weighted by atomic mass is 10.0. The summed E-state index contributed by atoms with van der Waals surface area (Å²) in [5.41, 5.74) is 2.13. The molecule has 0 spiro atoms. The van der Waals surface area contributed by atoms with Crippen molar-refractivity contribution in [3.8, 4) is 0 Å². The molecular formula is C20H30N4O3. The summed E-state index contributed by atoms with van der Waals surface area (Å²) in [6.45, 7) is 9.25. The van der Waals surface area contributed by atoms with E-state index in [-0.39, 0.29) is 25.1 Å². The van der Waals surface area contributed by atoms with Crippen LogP contribution >= 0.6 is 0 Å². The van der Waals surface area contributed by atoms with Gasteiger partial charge >= 0.3 is 6.03 Å². The average Bonchev–Trinajstić information content (AvgIpc) is 3.03. The first-order valence-electron chi connectivity index (χ1n) is 9.77. The third-order valence-corrected chi connectivity index (χ3v) is 5.43. The summed E-state index contributed by atoms with van der Waals surface area (Å²) in [6.07, 6.45) is 0. The quantitative estimate of drug-likeness (QED) is 0.812. The second-order valence-electron chi connectivity index (χ2n) is 7.55. The van der Waals surface area contributed by atoms with Crippen molar-refractivity contribution in [3.63, 3.8) is 0 Å². The zero-order chi connectivity index (χ0) is 19.4. The summed E-state index contributed by atoms with van der Waals surface area (Å²) in [4.78, 5) is 32.6. The molecule has 1 N–H and O–H groups in total. The van der Waals surface area contributed by atoms with Crippen LogP contribution in [-0.4, -0.2) is 90.7 Å². The molecule has 0 saturated carbocycles. The van der Waals surface area contributed by atoms with Crippen molar-refractivity contribution in [3.05, 3.63) is 29.8 Å². The molecule has 1 aromatic rings. The monoisotopic (exact) mass is 374 g/mol. The third kappa shape index (κ3) is 4.59. The van der Waals surface area contributed by atoms with Gasteiger partial charge in [-0.15, -0.1) is 0 Å². The molecular weight excluding hydrogens is 344 g/mol. The lowest BCUT2D eigenvalue weighted by Gasteiger charge is -2.35. The first kappa shape index (κ1) is 19.6. The summed E-state index contributed by atoms with van der Waals surface area (Å²) in [5.74, 6) is 0.462. The largest absolute Gasteiger partial charge is 0.395 e. The third-order valence-electron chi connectivity index (χ3n) is 5.43. The van der Waals surface area contributed by atoms with Crippen molar-refractivity contribution in [1.29, 1.82) is 0 Å². The summed E-state index contributed by atoms with van der Waals surface area (Å²) in [7, 11) is 0. The van der Waals surface area contributed by atoms with Gasteiger partial charge in [0.15, 0.2) is 0 Å². The molecule has 148 valence electrons. The number of nitrogens with zero attached hydrogens (tertiary/aromatic N) is 4. The number of aliphatic hydroxyl groups excluding tert-OH is 1. The zero-order valence-electron chi connectivity index (χ0n) is 16.3. The van der Waals surface area contributed by atoms with Crippen molar-refractivity contribution in [1.82, 2.24) is 14.7 Å². The van der Waals surface area contributed by atoms with Crippen LogP contribution in [0.2, 0.25) is 0 Å². The minimum atomic E-state index is -0.0976. The Morgan fingerprint density at radius 1 is 1.04 bits per heavy atom. The van der Waals surface area contributed by atoms with E-state index in [1.54, 1.807) is 9.80 Å². The maximum Gasteiger partial charge on any atom is 0.325 e. The van der Waals surface area contributed by atoms with Crippen molar-refractivity contribution >= 4 is 17.6 Å². The van der Waals surface area contributed by atoms with Crippen LogP contribution in [-0.2, 0) is 4.79 Å². The van der Waals surface area contributed by atoms with E-state index in [4.69, 9.17) is 5.11 Å². The number of piperazine rings is 1. The van der Waals surface area contributed by atoms with Crippen LogP contribution < -0.4 is 4.90 Å². The fraction of sp³-hybridized carbons (Fsp3) is 0.600. The van der Waals surface area contributed by atoms with E-state index >= 15 is 0 Å². The van der Waals surface area contributed by atoms with Crippen LogP contribution in [0.4, 0.5) is 10.5 Å². The maximum atomic E-state index is 12.7. The second kappa shape index (κ2) is 8.71. The van der Waals surface area contributed by atoms with E-state index in [9.17, 15) is 9.59 Å². The molecule has 2 fully saturated rings. The predicted octanol–water partition coefficient (Wildman–Crippen LogP) is 1.19. The Labute approximate surface area is 161 Å². The van der Waals surface area contributed by atoms with Gasteiger partial charge < -0.3 is 14.9 Å². The minimum Gasteiger partial charge on any atom is -0.395 e. The normalized spacial score (nSPS) is 18.7. The SMILES string of the molecule is CC(C)c1ccc(N2CCN(CC(=O)N3CCN(CCO)CC3)C2=O)cc1. The number of carbonyl (C=O) groups is 2. The van der Waals surface area contributed by atoms with Crippen LogP contribution in [0, 0.1) is 0 Å². The molecule has 3 amide bonds. The Kier molecular flexibility index (Phi) is 6.34. The molecule has 7 heteroatoms. The molecule has 0 aliphatic carbocycles. The van der Waals surface area contributed by atoms with Crippen LogP contribution in [0.25, 0.3) is 0 Å². The van der Waals surface area contributed by atoms with Crippen LogP contribution in [0.1, 0.15) is 25.3 Å². The molecule has 2 saturated heterocycles. The highest BCUT2D eigenvalue weighted by atomic mass is 16.3. The Morgan fingerprint density at radius 2 is 1.70 bits per heavy atom. The van der Waals surface area contributed by atoms with E-state index in [0.29, 0.717) is 38.6 Å². The van der Waals surface area contributed by atoms with Gasteiger partial charge in [0.1, 0.15) is 6.54 Å². The van der Waals surface area contributed by atoms with Crippen LogP contribution in [0.5, 0.6) is 0 Å². The van der Waals surface area contributed by atoms with Gasteiger partial charge in [-0.2, -0.15) is 0 Å². The van der Waals surface area contributed by atoms with E-state index in [2.05, 4.69) is 30.9 Å². The number of hydrogen-bond acceptors (Lipinski definition) is 4. The lowest BCUT2D eigenvalue weighted by Crippen LogP contribution is -2.52. The maximum absolute atomic E-state index is 12.7. The number of hydrogen-bond donors (Lipinski definition) is 1. The van der Waals surface area contributed by atoms with Gasteiger partial charge in [0.2, 0.25) is 5.91 Å². The van der Waals surface area contributed by atoms with E-state index in [1.807, 2.05) is 17.0 Å². The highest BCUT2D eigenvalue weighted by molar-refractivity contribution is 5.96. The highest BCUT2D eigenvalue weighted by Crippen LogP contribution is 2.23. The number of anilines is 1.